The van der Waals surface area contributed by atoms with Crippen molar-refractivity contribution in [2.24, 2.45) is 0 Å². The summed E-state index contributed by atoms with van der Waals surface area (Å²) in [4.78, 5) is 7.43. The van der Waals surface area contributed by atoms with Gasteiger partial charge in [0.25, 0.3) is 0 Å². The van der Waals surface area contributed by atoms with Gasteiger partial charge in [0.2, 0.25) is 0 Å². The van der Waals surface area contributed by atoms with E-state index in [9.17, 15) is 0 Å². The molecule has 0 radical (unpaired) electrons. The van der Waals surface area contributed by atoms with Gasteiger partial charge in [-0.1, -0.05) is 34.8 Å². The van der Waals surface area contributed by atoms with Crippen LogP contribution in [0.3, 0.4) is 0 Å². The Morgan fingerprint density at radius 1 is 0.882 bits per heavy atom. The molecule has 0 aliphatic carbocycles. The molecule has 0 spiro atoms. The lowest BCUT2D eigenvalue weighted by Crippen LogP contribution is -1.87. The van der Waals surface area contributed by atoms with Gasteiger partial charge in [-0.2, -0.15) is 0 Å². The van der Waals surface area contributed by atoms with E-state index in [-0.39, 0.29) is 0 Å². The third-order valence-corrected chi connectivity index (χ3v) is 2.52. The molecule has 90 valence electrons. The average molecular weight is 292 g/mol. The van der Waals surface area contributed by atoms with Gasteiger partial charge in [-0.15, -0.1) is 0 Å². The summed E-state index contributed by atoms with van der Waals surface area (Å²) in [6, 6.07) is 4.78. The highest BCUT2D eigenvalue weighted by Gasteiger charge is 1.95. The van der Waals surface area contributed by atoms with Gasteiger partial charge in [-0.05, 0) is 12.1 Å². The van der Waals surface area contributed by atoms with Gasteiger partial charge < -0.3 is 11.5 Å². The van der Waals surface area contributed by atoms with E-state index < -0.39 is 0 Å². The van der Waals surface area contributed by atoms with E-state index in [0.29, 0.717) is 26.7 Å². The molecule has 7 heteroatoms. The molecule has 2 aromatic heterocycles. The summed E-state index contributed by atoms with van der Waals surface area (Å²) in [5.74, 6) is 0.835. The molecular weight excluding hydrogens is 282 g/mol. The minimum atomic E-state index is 0.379. The minimum Gasteiger partial charge on any atom is -0.384 e. The Kier molecular flexibility index (Phi) is 5.28. The summed E-state index contributed by atoms with van der Waals surface area (Å²) in [6.45, 7) is 0. The molecule has 2 aromatic rings. The maximum atomic E-state index is 5.56. The Hall–Kier alpha value is -1.23. The zero-order chi connectivity index (χ0) is 12.8. The Morgan fingerprint density at radius 3 is 1.94 bits per heavy atom. The summed E-state index contributed by atoms with van der Waals surface area (Å²) < 4.78 is 0. The topological polar surface area (TPSA) is 77.8 Å². The summed E-state index contributed by atoms with van der Waals surface area (Å²) in [6.07, 6.45) is 2.98. The molecule has 0 fully saturated rings. The first-order valence-corrected chi connectivity index (χ1v) is 5.56. The Labute approximate surface area is 114 Å². The predicted octanol–water partition coefficient (Wildman–Crippen LogP) is 3.29. The second kappa shape index (κ2) is 6.49. The van der Waals surface area contributed by atoms with Crippen LogP contribution in [0.2, 0.25) is 15.1 Å². The van der Waals surface area contributed by atoms with E-state index in [1.54, 1.807) is 18.3 Å². The quantitative estimate of drug-likeness (QED) is 0.780. The van der Waals surface area contributed by atoms with Crippen molar-refractivity contribution in [2.45, 2.75) is 0 Å². The van der Waals surface area contributed by atoms with Crippen molar-refractivity contribution in [3.8, 4) is 0 Å². The van der Waals surface area contributed by atoms with Crippen molar-refractivity contribution in [1.82, 2.24) is 9.97 Å². The summed E-state index contributed by atoms with van der Waals surface area (Å²) in [5, 5.41) is 1.48. The number of hydrogen-bond acceptors (Lipinski definition) is 4. The van der Waals surface area contributed by atoms with Crippen LogP contribution >= 0.6 is 34.8 Å². The molecule has 2 rings (SSSR count). The fourth-order valence-corrected chi connectivity index (χ4v) is 1.28. The predicted molar refractivity (Wildman–Crippen MR) is 72.3 cm³/mol. The van der Waals surface area contributed by atoms with Crippen molar-refractivity contribution in [3.05, 3.63) is 45.7 Å². The molecular formula is C10H9Cl3N4. The average Bonchev–Trinajstić information content (AvgIpc) is 2.24. The van der Waals surface area contributed by atoms with Crippen LogP contribution in [-0.2, 0) is 0 Å². The number of nitrogens with zero attached hydrogens (tertiary/aromatic N) is 2. The largest absolute Gasteiger partial charge is 0.384 e. The van der Waals surface area contributed by atoms with Crippen LogP contribution in [0.25, 0.3) is 0 Å². The van der Waals surface area contributed by atoms with Crippen molar-refractivity contribution in [2.75, 3.05) is 11.5 Å². The molecule has 0 atom stereocenters. The van der Waals surface area contributed by atoms with Gasteiger partial charge in [0.15, 0.2) is 0 Å². The van der Waals surface area contributed by atoms with Gasteiger partial charge >= 0.3 is 0 Å². The normalized spacial score (nSPS) is 9.35. The number of pyridine rings is 2. The van der Waals surface area contributed by atoms with Crippen LogP contribution < -0.4 is 11.5 Å². The van der Waals surface area contributed by atoms with Crippen LogP contribution in [0.1, 0.15) is 0 Å². The third kappa shape index (κ3) is 5.08. The zero-order valence-electron chi connectivity index (χ0n) is 8.57. The lowest BCUT2D eigenvalue weighted by Gasteiger charge is -1.93. The number of nitrogen functional groups attached to an aromatic ring is 2. The fourth-order valence-electron chi connectivity index (χ4n) is 0.850. The van der Waals surface area contributed by atoms with Crippen LogP contribution in [0.15, 0.2) is 30.6 Å². The van der Waals surface area contributed by atoms with Crippen LogP contribution in [0.4, 0.5) is 11.6 Å². The molecule has 2 heterocycles. The van der Waals surface area contributed by atoms with Crippen molar-refractivity contribution >= 4 is 46.4 Å². The Bertz CT molecular complexity index is 487. The second-order valence-electron chi connectivity index (χ2n) is 2.92. The SMILES string of the molecule is Nc1cc(Cl)c(Cl)cn1.Nc1cc(Cl)ccn1. The number of aromatic nitrogens is 2. The molecule has 17 heavy (non-hydrogen) atoms. The second-order valence-corrected chi connectivity index (χ2v) is 4.17. The lowest BCUT2D eigenvalue weighted by atomic mass is 10.5. The van der Waals surface area contributed by atoms with E-state index in [0.717, 1.165) is 0 Å². The first-order valence-electron chi connectivity index (χ1n) is 4.42. The van der Waals surface area contributed by atoms with Crippen LogP contribution in [-0.4, -0.2) is 9.97 Å². The van der Waals surface area contributed by atoms with Gasteiger partial charge in [0.1, 0.15) is 11.6 Å². The van der Waals surface area contributed by atoms with Gasteiger partial charge in [0, 0.05) is 23.5 Å². The van der Waals surface area contributed by atoms with E-state index >= 15 is 0 Å². The summed E-state index contributed by atoms with van der Waals surface area (Å²) in [7, 11) is 0. The molecule has 0 saturated carbocycles. The maximum Gasteiger partial charge on any atom is 0.124 e. The molecule has 4 nitrogen and oxygen atoms in total. The Morgan fingerprint density at radius 2 is 1.53 bits per heavy atom. The van der Waals surface area contributed by atoms with Crippen molar-refractivity contribution in [3.63, 3.8) is 0 Å². The number of hydrogen-bond donors (Lipinski definition) is 2. The highest BCUT2D eigenvalue weighted by molar-refractivity contribution is 6.42. The van der Waals surface area contributed by atoms with Gasteiger partial charge in [0.05, 0.1) is 10.0 Å². The van der Waals surface area contributed by atoms with E-state index in [4.69, 9.17) is 46.3 Å². The van der Waals surface area contributed by atoms with E-state index in [2.05, 4.69) is 9.97 Å². The van der Waals surface area contributed by atoms with E-state index in [1.165, 1.54) is 12.3 Å². The monoisotopic (exact) mass is 290 g/mol. The third-order valence-electron chi connectivity index (χ3n) is 1.57. The molecule has 0 aromatic carbocycles. The molecule has 0 bridgehead atoms. The molecule has 0 saturated heterocycles. The van der Waals surface area contributed by atoms with Crippen LogP contribution in [0.5, 0.6) is 0 Å². The highest BCUT2D eigenvalue weighted by Crippen LogP contribution is 2.21. The maximum absolute atomic E-state index is 5.56. The first-order chi connectivity index (χ1) is 7.99. The summed E-state index contributed by atoms with van der Waals surface area (Å²) in [5.41, 5.74) is 10.5. The molecule has 4 N–H and O–H groups in total. The van der Waals surface area contributed by atoms with E-state index in [1.807, 2.05) is 0 Å². The van der Waals surface area contributed by atoms with Crippen LogP contribution in [0, 0.1) is 0 Å². The smallest absolute Gasteiger partial charge is 0.124 e. The zero-order valence-corrected chi connectivity index (χ0v) is 10.8. The number of anilines is 2. The fraction of sp³-hybridized carbons (Fsp3) is 0. The minimum absolute atomic E-state index is 0.379. The lowest BCUT2D eigenvalue weighted by molar-refractivity contribution is 1.34. The summed E-state index contributed by atoms with van der Waals surface area (Å²) >= 11 is 16.6. The number of rotatable bonds is 0. The molecule has 0 amide bonds. The van der Waals surface area contributed by atoms with Gasteiger partial charge in [-0.3, -0.25) is 0 Å². The highest BCUT2D eigenvalue weighted by atomic mass is 35.5. The standard InChI is InChI=1S/C5H4Cl2N2.C5H5ClN2/c6-3-1-5(8)9-2-4(3)7;6-4-1-2-8-5(7)3-4/h1-2H,(H2,8,9);1-3H,(H2,7,8). The first kappa shape index (κ1) is 13.8. The van der Waals surface area contributed by atoms with Crippen molar-refractivity contribution in [1.29, 1.82) is 0 Å². The number of nitrogens with two attached hydrogens (primary N) is 2. The molecule has 0 aliphatic heterocycles. The Balaban J connectivity index is 0.000000171. The number of halogens is 3. The van der Waals surface area contributed by atoms with Gasteiger partial charge in [-0.25, -0.2) is 9.97 Å². The molecule has 0 unspecified atom stereocenters. The van der Waals surface area contributed by atoms with Crippen molar-refractivity contribution < 1.29 is 0 Å². The molecule has 0 aliphatic rings.